The second-order valence-corrected chi connectivity index (χ2v) is 8.40. The molecule has 8 heteroatoms. The third-order valence-electron chi connectivity index (χ3n) is 4.20. The van der Waals surface area contributed by atoms with E-state index < -0.39 is 15.9 Å². The number of aromatic nitrogens is 2. The van der Waals surface area contributed by atoms with E-state index in [0.29, 0.717) is 10.8 Å². The quantitative estimate of drug-likeness (QED) is 0.730. The highest BCUT2D eigenvalue weighted by Gasteiger charge is 2.34. The van der Waals surface area contributed by atoms with Crippen molar-refractivity contribution >= 4 is 32.3 Å². The van der Waals surface area contributed by atoms with E-state index in [4.69, 9.17) is 11.6 Å². The van der Waals surface area contributed by atoms with Crippen LogP contribution in [0.4, 0.5) is 5.82 Å². The summed E-state index contributed by atoms with van der Waals surface area (Å²) in [4.78, 5) is 0. The molecule has 1 unspecified atom stereocenters. The Morgan fingerprint density at radius 3 is 2.42 bits per heavy atom. The summed E-state index contributed by atoms with van der Waals surface area (Å²) < 4.78 is 26.2. The lowest BCUT2D eigenvalue weighted by molar-refractivity contribution is 0.599. The van der Waals surface area contributed by atoms with E-state index in [1.54, 1.807) is 23.0 Å². The van der Waals surface area contributed by atoms with Gasteiger partial charge in [-0.2, -0.15) is 10.2 Å². The Labute approximate surface area is 156 Å². The van der Waals surface area contributed by atoms with E-state index in [1.165, 1.54) is 0 Å². The van der Waals surface area contributed by atoms with Crippen LogP contribution < -0.4 is 5.43 Å². The van der Waals surface area contributed by atoms with Crippen LogP contribution in [0, 0.1) is 0 Å². The van der Waals surface area contributed by atoms with Crippen LogP contribution in [-0.4, -0.2) is 29.5 Å². The maximum Gasteiger partial charge on any atom is 0.193 e. The summed E-state index contributed by atoms with van der Waals surface area (Å²) in [7, 11) is -3.52. The minimum atomic E-state index is -3.52. The number of hydrogen-bond acceptors (Lipinski definition) is 5. The highest BCUT2D eigenvalue weighted by molar-refractivity contribution is 8.05. The van der Waals surface area contributed by atoms with Crippen LogP contribution in [0.3, 0.4) is 0 Å². The number of hydrazone groups is 1. The standard InChI is InChI=1S/C18H15ClN4O2S/c1-26(24,25)18-16(13-5-3-2-4-6-13)23-17(21-22-18)15(11-20-23)12-7-9-14(19)10-8-12/h2-11,16,21H,1H3. The Bertz CT molecular complexity index is 1090. The van der Waals surface area contributed by atoms with Crippen LogP contribution in [-0.2, 0) is 9.84 Å². The SMILES string of the molecule is CS(=O)(=O)C1=NNc2c(-c3ccc(Cl)cc3)cnn2C1c1ccccc1. The largest absolute Gasteiger partial charge is 0.260 e. The molecule has 1 aliphatic rings. The first-order chi connectivity index (χ1) is 12.4. The van der Waals surface area contributed by atoms with Crippen molar-refractivity contribution in [3.63, 3.8) is 0 Å². The monoisotopic (exact) mass is 386 g/mol. The molecule has 1 atom stereocenters. The Morgan fingerprint density at radius 2 is 1.77 bits per heavy atom. The minimum Gasteiger partial charge on any atom is -0.260 e. The molecule has 2 aromatic carbocycles. The van der Waals surface area contributed by atoms with Crippen LogP contribution >= 0.6 is 11.6 Å². The van der Waals surface area contributed by atoms with E-state index >= 15 is 0 Å². The van der Waals surface area contributed by atoms with Gasteiger partial charge in [-0.15, -0.1) is 0 Å². The summed E-state index contributed by atoms with van der Waals surface area (Å²) in [5, 5.41) is 9.29. The van der Waals surface area contributed by atoms with Crippen LogP contribution in [0.1, 0.15) is 11.6 Å². The van der Waals surface area contributed by atoms with Gasteiger partial charge in [0, 0.05) is 16.8 Å². The molecule has 0 saturated carbocycles. The zero-order chi connectivity index (χ0) is 18.3. The van der Waals surface area contributed by atoms with Gasteiger partial charge in [0.2, 0.25) is 0 Å². The van der Waals surface area contributed by atoms with Gasteiger partial charge in [0.15, 0.2) is 20.7 Å². The van der Waals surface area contributed by atoms with Gasteiger partial charge in [0.1, 0.15) is 6.04 Å². The van der Waals surface area contributed by atoms with Gasteiger partial charge in [-0.1, -0.05) is 54.1 Å². The number of rotatable bonds is 2. The highest BCUT2D eigenvalue weighted by Crippen LogP contribution is 2.36. The Balaban J connectivity index is 1.88. The maximum absolute atomic E-state index is 12.3. The molecule has 0 radical (unpaired) electrons. The molecule has 132 valence electrons. The summed E-state index contributed by atoms with van der Waals surface area (Å²) in [6.07, 6.45) is 2.85. The van der Waals surface area contributed by atoms with E-state index in [2.05, 4.69) is 15.6 Å². The molecule has 0 spiro atoms. The van der Waals surface area contributed by atoms with Gasteiger partial charge in [-0.25, -0.2) is 13.1 Å². The van der Waals surface area contributed by atoms with Crippen LogP contribution in [0.15, 0.2) is 65.9 Å². The molecule has 0 bridgehead atoms. The zero-order valence-corrected chi connectivity index (χ0v) is 15.4. The van der Waals surface area contributed by atoms with E-state index in [1.807, 2.05) is 42.5 Å². The van der Waals surface area contributed by atoms with E-state index in [9.17, 15) is 8.42 Å². The number of halogens is 1. The normalized spacial score (nSPS) is 16.5. The fraction of sp³-hybridized carbons (Fsp3) is 0.111. The van der Waals surface area contributed by atoms with Gasteiger partial charge in [0.25, 0.3) is 0 Å². The number of fused-ring (bicyclic) bond motifs is 1. The zero-order valence-electron chi connectivity index (χ0n) is 13.8. The lowest BCUT2D eigenvalue weighted by Gasteiger charge is -2.25. The third-order valence-corrected chi connectivity index (χ3v) is 5.52. The van der Waals surface area contributed by atoms with E-state index in [-0.39, 0.29) is 5.04 Å². The Kier molecular flexibility index (Phi) is 4.05. The van der Waals surface area contributed by atoms with Gasteiger partial charge < -0.3 is 0 Å². The smallest absolute Gasteiger partial charge is 0.193 e. The molecule has 0 aliphatic carbocycles. The summed E-state index contributed by atoms with van der Waals surface area (Å²) >= 11 is 5.96. The van der Waals surface area contributed by atoms with Gasteiger partial charge in [-0.05, 0) is 23.3 Å². The number of benzene rings is 2. The van der Waals surface area contributed by atoms with Gasteiger partial charge in [0.05, 0.1) is 6.20 Å². The fourth-order valence-corrected chi connectivity index (χ4v) is 3.97. The third kappa shape index (κ3) is 2.89. The number of nitrogens with one attached hydrogen (secondary N) is 1. The van der Waals surface area contributed by atoms with Crippen molar-refractivity contribution in [3.8, 4) is 11.1 Å². The molecule has 4 rings (SSSR count). The fourth-order valence-electron chi connectivity index (χ4n) is 2.99. The van der Waals surface area contributed by atoms with Crippen LogP contribution in [0.25, 0.3) is 11.1 Å². The molecule has 26 heavy (non-hydrogen) atoms. The van der Waals surface area contributed by atoms with Gasteiger partial charge in [-0.3, -0.25) is 5.43 Å². The molecule has 1 aliphatic heterocycles. The van der Waals surface area contributed by atoms with Gasteiger partial charge >= 0.3 is 0 Å². The van der Waals surface area contributed by atoms with Crippen molar-refractivity contribution in [2.75, 3.05) is 11.7 Å². The van der Waals surface area contributed by atoms with Crippen molar-refractivity contribution in [3.05, 3.63) is 71.4 Å². The second-order valence-electron chi connectivity index (χ2n) is 6.01. The molecule has 0 amide bonds. The van der Waals surface area contributed by atoms with Crippen molar-refractivity contribution in [1.82, 2.24) is 9.78 Å². The number of anilines is 1. The molecule has 0 saturated heterocycles. The first-order valence-electron chi connectivity index (χ1n) is 7.87. The lowest BCUT2D eigenvalue weighted by atomic mass is 10.1. The lowest BCUT2D eigenvalue weighted by Crippen LogP contribution is -2.33. The second kappa shape index (κ2) is 6.26. The number of sulfone groups is 1. The topological polar surface area (TPSA) is 76.3 Å². The maximum atomic E-state index is 12.3. The average Bonchev–Trinajstić information content (AvgIpc) is 3.05. The summed E-state index contributed by atoms with van der Waals surface area (Å²) in [5.41, 5.74) is 5.38. The molecular formula is C18H15ClN4O2S. The molecular weight excluding hydrogens is 372 g/mol. The molecule has 0 fully saturated rings. The Hall–Kier alpha value is -2.64. The highest BCUT2D eigenvalue weighted by atomic mass is 35.5. The van der Waals surface area contributed by atoms with Crippen LogP contribution in [0.5, 0.6) is 0 Å². The molecule has 1 aromatic heterocycles. The summed E-state index contributed by atoms with van der Waals surface area (Å²) in [6.45, 7) is 0. The predicted octanol–water partition coefficient (Wildman–Crippen LogP) is 3.58. The van der Waals surface area contributed by atoms with Crippen molar-refractivity contribution in [2.45, 2.75) is 6.04 Å². The average molecular weight is 387 g/mol. The molecule has 6 nitrogen and oxygen atoms in total. The minimum absolute atomic E-state index is 0.0296. The molecule has 1 N–H and O–H groups in total. The Morgan fingerprint density at radius 1 is 1.08 bits per heavy atom. The van der Waals surface area contributed by atoms with E-state index in [0.717, 1.165) is 22.9 Å². The molecule has 2 heterocycles. The molecule has 3 aromatic rings. The number of hydrogen-bond donors (Lipinski definition) is 1. The number of nitrogens with zero attached hydrogens (tertiary/aromatic N) is 3. The van der Waals surface area contributed by atoms with Crippen molar-refractivity contribution in [2.24, 2.45) is 5.10 Å². The predicted molar refractivity (Wildman–Crippen MR) is 103 cm³/mol. The van der Waals surface area contributed by atoms with Crippen molar-refractivity contribution < 1.29 is 8.42 Å². The summed E-state index contributed by atoms with van der Waals surface area (Å²) in [6, 6.07) is 16.1. The summed E-state index contributed by atoms with van der Waals surface area (Å²) in [5.74, 6) is 0.633. The first kappa shape index (κ1) is 16.8. The van der Waals surface area contributed by atoms with Crippen molar-refractivity contribution in [1.29, 1.82) is 0 Å². The first-order valence-corrected chi connectivity index (χ1v) is 10.1. The van der Waals surface area contributed by atoms with Crippen LogP contribution in [0.2, 0.25) is 5.02 Å².